The van der Waals surface area contributed by atoms with Crippen LogP contribution in [0.3, 0.4) is 0 Å². The minimum absolute atomic E-state index is 0.266. The smallest absolute Gasteiger partial charge is 0.183 e. The third-order valence-corrected chi connectivity index (χ3v) is 2.47. The monoisotopic (exact) mass is 244 g/mol. The third kappa shape index (κ3) is 2.55. The molecule has 2 rings (SSSR count). The Balaban J connectivity index is 2.35. The van der Waals surface area contributed by atoms with Crippen molar-refractivity contribution in [3.63, 3.8) is 0 Å². The number of aromatic nitrogens is 1. The first-order chi connectivity index (χ1) is 8.20. The van der Waals surface area contributed by atoms with Crippen LogP contribution in [0.5, 0.6) is 11.5 Å². The molecular formula is C13H9ClN2O. The fraction of sp³-hybridized carbons (Fsp3) is 0.0769. The molecule has 0 aliphatic heterocycles. The van der Waals surface area contributed by atoms with Gasteiger partial charge in [-0.05, 0) is 42.8 Å². The standard InChI is InChI=1S/C13H9ClN2O/c1-9-7-10(14)4-5-12(9)17-13-3-2-6-16-11(13)8-15/h2-7H,1H3. The molecule has 0 aliphatic rings. The zero-order chi connectivity index (χ0) is 12.3. The summed E-state index contributed by atoms with van der Waals surface area (Å²) in [5.74, 6) is 1.11. The summed E-state index contributed by atoms with van der Waals surface area (Å²) < 4.78 is 5.64. The lowest BCUT2D eigenvalue weighted by Gasteiger charge is -2.09. The van der Waals surface area contributed by atoms with Crippen molar-refractivity contribution >= 4 is 11.6 Å². The summed E-state index contributed by atoms with van der Waals surface area (Å²) in [5, 5.41) is 9.55. The molecule has 0 bridgehead atoms. The number of aryl methyl sites for hydroxylation is 1. The number of nitrogens with zero attached hydrogens (tertiary/aromatic N) is 2. The zero-order valence-electron chi connectivity index (χ0n) is 9.14. The highest BCUT2D eigenvalue weighted by atomic mass is 35.5. The number of pyridine rings is 1. The maximum Gasteiger partial charge on any atom is 0.183 e. The maximum atomic E-state index is 8.90. The van der Waals surface area contributed by atoms with Gasteiger partial charge in [0.25, 0.3) is 0 Å². The first kappa shape index (κ1) is 11.4. The van der Waals surface area contributed by atoms with E-state index in [4.69, 9.17) is 21.6 Å². The van der Waals surface area contributed by atoms with E-state index in [0.29, 0.717) is 16.5 Å². The van der Waals surface area contributed by atoms with Gasteiger partial charge in [-0.25, -0.2) is 4.98 Å². The van der Waals surface area contributed by atoms with E-state index in [1.165, 1.54) is 0 Å². The summed E-state index contributed by atoms with van der Waals surface area (Å²) in [6, 6.07) is 10.7. The zero-order valence-corrected chi connectivity index (χ0v) is 9.90. The molecule has 4 heteroatoms. The fourth-order valence-corrected chi connectivity index (χ4v) is 1.63. The van der Waals surface area contributed by atoms with Gasteiger partial charge in [0.05, 0.1) is 0 Å². The van der Waals surface area contributed by atoms with E-state index < -0.39 is 0 Å². The largest absolute Gasteiger partial charge is 0.454 e. The molecule has 84 valence electrons. The summed E-state index contributed by atoms with van der Waals surface area (Å²) in [6.45, 7) is 1.89. The molecule has 0 unspecified atom stereocenters. The molecule has 0 amide bonds. The Hall–Kier alpha value is -2.05. The minimum Gasteiger partial charge on any atom is -0.454 e. The highest BCUT2D eigenvalue weighted by Crippen LogP contribution is 2.28. The summed E-state index contributed by atoms with van der Waals surface area (Å²) in [6.07, 6.45) is 1.56. The summed E-state index contributed by atoms with van der Waals surface area (Å²) in [7, 11) is 0. The maximum absolute atomic E-state index is 8.90. The lowest BCUT2D eigenvalue weighted by atomic mass is 10.2. The molecule has 1 aromatic heterocycles. The van der Waals surface area contributed by atoms with Gasteiger partial charge in [0, 0.05) is 11.2 Å². The number of hydrogen-bond acceptors (Lipinski definition) is 3. The lowest BCUT2D eigenvalue weighted by Crippen LogP contribution is -1.92. The number of halogens is 1. The van der Waals surface area contributed by atoms with Crippen LogP contribution in [0.4, 0.5) is 0 Å². The van der Waals surface area contributed by atoms with E-state index in [1.807, 2.05) is 13.0 Å². The third-order valence-electron chi connectivity index (χ3n) is 2.23. The van der Waals surface area contributed by atoms with Gasteiger partial charge >= 0.3 is 0 Å². The summed E-state index contributed by atoms with van der Waals surface area (Å²) >= 11 is 5.86. The molecule has 17 heavy (non-hydrogen) atoms. The van der Waals surface area contributed by atoms with Crippen LogP contribution in [-0.4, -0.2) is 4.98 Å². The normalized spacial score (nSPS) is 9.71. The molecule has 0 fully saturated rings. The first-order valence-electron chi connectivity index (χ1n) is 5.00. The molecule has 3 nitrogen and oxygen atoms in total. The van der Waals surface area contributed by atoms with E-state index in [9.17, 15) is 0 Å². The van der Waals surface area contributed by atoms with Crippen LogP contribution in [-0.2, 0) is 0 Å². The summed E-state index contributed by atoms with van der Waals surface area (Å²) in [4.78, 5) is 3.93. The molecule has 0 saturated heterocycles. The average Bonchev–Trinajstić information content (AvgIpc) is 2.33. The molecule has 0 radical (unpaired) electrons. The number of rotatable bonds is 2. The number of ether oxygens (including phenoxy) is 1. The Morgan fingerprint density at radius 2 is 2.12 bits per heavy atom. The Bertz CT molecular complexity index is 590. The van der Waals surface area contributed by atoms with Crippen molar-refractivity contribution in [2.75, 3.05) is 0 Å². The van der Waals surface area contributed by atoms with Gasteiger partial charge in [0.2, 0.25) is 0 Å². The van der Waals surface area contributed by atoms with Crippen LogP contribution >= 0.6 is 11.6 Å². The SMILES string of the molecule is Cc1cc(Cl)ccc1Oc1cccnc1C#N. The highest BCUT2D eigenvalue weighted by molar-refractivity contribution is 6.30. The number of hydrogen-bond donors (Lipinski definition) is 0. The summed E-state index contributed by atoms with van der Waals surface area (Å²) in [5.41, 5.74) is 1.17. The van der Waals surface area contributed by atoms with Crippen molar-refractivity contribution < 1.29 is 4.74 Å². The van der Waals surface area contributed by atoms with Crippen LogP contribution in [0.2, 0.25) is 5.02 Å². The van der Waals surface area contributed by atoms with Gasteiger partial charge in [-0.2, -0.15) is 5.26 Å². The molecule has 1 aromatic carbocycles. The van der Waals surface area contributed by atoms with E-state index in [2.05, 4.69) is 4.98 Å². The topological polar surface area (TPSA) is 45.9 Å². The molecular weight excluding hydrogens is 236 g/mol. The molecule has 0 N–H and O–H groups in total. The Kier molecular flexibility index (Phi) is 3.27. The molecule has 0 atom stereocenters. The van der Waals surface area contributed by atoms with Crippen LogP contribution in [0.1, 0.15) is 11.3 Å². The van der Waals surface area contributed by atoms with Crippen LogP contribution in [0.25, 0.3) is 0 Å². The molecule has 1 heterocycles. The van der Waals surface area contributed by atoms with E-state index in [-0.39, 0.29) is 5.69 Å². The first-order valence-corrected chi connectivity index (χ1v) is 5.37. The number of nitriles is 1. The second-order valence-electron chi connectivity index (χ2n) is 3.47. The Labute approximate surface area is 104 Å². The van der Waals surface area contributed by atoms with Crippen molar-refractivity contribution in [1.82, 2.24) is 4.98 Å². The Morgan fingerprint density at radius 1 is 1.29 bits per heavy atom. The van der Waals surface area contributed by atoms with Crippen molar-refractivity contribution in [2.24, 2.45) is 0 Å². The second kappa shape index (κ2) is 4.86. The van der Waals surface area contributed by atoms with E-state index in [0.717, 1.165) is 5.56 Å². The quantitative estimate of drug-likeness (QED) is 0.809. The van der Waals surface area contributed by atoms with Gasteiger partial charge < -0.3 is 4.74 Å². The predicted octanol–water partition coefficient (Wildman–Crippen LogP) is 3.71. The minimum atomic E-state index is 0.266. The van der Waals surface area contributed by atoms with Gasteiger partial charge in [-0.15, -0.1) is 0 Å². The Morgan fingerprint density at radius 3 is 2.82 bits per heavy atom. The van der Waals surface area contributed by atoms with Crippen molar-refractivity contribution in [1.29, 1.82) is 5.26 Å². The van der Waals surface area contributed by atoms with Crippen LogP contribution in [0.15, 0.2) is 36.5 Å². The fourth-order valence-electron chi connectivity index (χ4n) is 1.40. The van der Waals surface area contributed by atoms with Gasteiger partial charge in [0.15, 0.2) is 11.4 Å². The van der Waals surface area contributed by atoms with E-state index >= 15 is 0 Å². The van der Waals surface area contributed by atoms with Crippen LogP contribution < -0.4 is 4.74 Å². The van der Waals surface area contributed by atoms with Gasteiger partial charge in [0.1, 0.15) is 11.8 Å². The predicted molar refractivity (Wildman–Crippen MR) is 65.2 cm³/mol. The van der Waals surface area contributed by atoms with E-state index in [1.54, 1.807) is 36.5 Å². The number of benzene rings is 1. The highest BCUT2D eigenvalue weighted by Gasteiger charge is 2.07. The molecule has 0 saturated carbocycles. The average molecular weight is 245 g/mol. The van der Waals surface area contributed by atoms with Crippen molar-refractivity contribution in [3.05, 3.63) is 52.8 Å². The van der Waals surface area contributed by atoms with Crippen molar-refractivity contribution in [3.8, 4) is 17.6 Å². The molecule has 2 aromatic rings. The van der Waals surface area contributed by atoms with Crippen molar-refractivity contribution in [2.45, 2.75) is 6.92 Å². The molecule has 0 aliphatic carbocycles. The lowest BCUT2D eigenvalue weighted by molar-refractivity contribution is 0.474. The van der Waals surface area contributed by atoms with Crippen LogP contribution in [0, 0.1) is 18.3 Å². The molecule has 0 spiro atoms. The second-order valence-corrected chi connectivity index (χ2v) is 3.91. The van der Waals surface area contributed by atoms with Gasteiger partial charge in [-0.1, -0.05) is 11.6 Å². The van der Waals surface area contributed by atoms with Gasteiger partial charge in [-0.3, -0.25) is 0 Å².